The zero-order valence-electron chi connectivity index (χ0n) is 25.2. The molecule has 0 spiro atoms. The van der Waals surface area contributed by atoms with Crippen LogP contribution >= 0.6 is 0 Å². The summed E-state index contributed by atoms with van der Waals surface area (Å²) < 4.78 is 13.0. The van der Waals surface area contributed by atoms with Crippen molar-refractivity contribution >= 4 is 31.2 Å². The Hall–Kier alpha value is -2.86. The van der Waals surface area contributed by atoms with Crippen molar-refractivity contribution in [1.29, 1.82) is 0 Å². The second kappa shape index (κ2) is 12.3. The number of rotatable bonds is 9. The zero-order chi connectivity index (χ0) is 29.0. The van der Waals surface area contributed by atoms with E-state index < -0.39 is 8.32 Å². The van der Waals surface area contributed by atoms with Crippen molar-refractivity contribution in [3.8, 4) is 0 Å². The fourth-order valence-electron chi connectivity index (χ4n) is 6.39. The van der Waals surface area contributed by atoms with Crippen LogP contribution in [0.25, 0.3) is 12.5 Å². The van der Waals surface area contributed by atoms with E-state index in [1.54, 1.807) is 0 Å². The van der Waals surface area contributed by atoms with Gasteiger partial charge in [-0.2, -0.15) is 0 Å². The lowest BCUT2D eigenvalue weighted by atomic mass is 9.80. The molecule has 0 unspecified atom stereocenters. The predicted octanol–water partition coefficient (Wildman–Crippen LogP) is 5.11. The molecule has 0 saturated carbocycles. The Labute approximate surface area is 242 Å². The molecule has 3 aromatic rings. The van der Waals surface area contributed by atoms with Gasteiger partial charge in [0.25, 0.3) is 8.32 Å². The second-order valence-electron chi connectivity index (χ2n) is 12.7. The Morgan fingerprint density at radius 1 is 0.925 bits per heavy atom. The number of benzene rings is 3. The number of aliphatic hydroxyl groups is 1. The van der Waals surface area contributed by atoms with Crippen LogP contribution in [0.4, 0.5) is 0 Å². The van der Waals surface area contributed by atoms with Crippen LogP contribution < -0.4 is 20.8 Å². The van der Waals surface area contributed by atoms with Crippen molar-refractivity contribution < 1.29 is 14.3 Å². The van der Waals surface area contributed by atoms with Crippen LogP contribution in [0.2, 0.25) is 5.04 Å². The number of hydrogen-bond donors (Lipinski definition) is 1. The molecule has 0 aromatic heterocycles. The van der Waals surface area contributed by atoms with E-state index in [4.69, 9.17) is 9.16 Å². The van der Waals surface area contributed by atoms with Gasteiger partial charge in [-0.25, -0.2) is 0 Å². The summed E-state index contributed by atoms with van der Waals surface area (Å²) in [4.78, 5) is 2.17. The normalized spacial score (nSPS) is 16.1. The molecule has 1 aliphatic rings. The second-order valence-corrected chi connectivity index (χ2v) is 17.0. The number of aryl methyl sites for hydroxylation is 1. The third kappa shape index (κ3) is 6.07. The molecular formula is C35H47NO3Si. The zero-order valence-corrected chi connectivity index (χ0v) is 26.2. The lowest BCUT2D eigenvalue weighted by Crippen LogP contribution is -2.67. The van der Waals surface area contributed by atoms with Crippen molar-refractivity contribution in [1.82, 2.24) is 4.90 Å². The summed E-state index contributed by atoms with van der Waals surface area (Å²) in [6, 6.07) is 27.5. The van der Waals surface area contributed by atoms with Gasteiger partial charge in [-0.1, -0.05) is 106 Å². The minimum Gasteiger partial charge on any atom is -0.494 e. The van der Waals surface area contributed by atoms with Crippen LogP contribution in [-0.4, -0.2) is 50.2 Å². The fraction of sp³-hybridized carbons (Fsp3) is 0.429. The maximum Gasteiger partial charge on any atom is 0.261 e. The summed E-state index contributed by atoms with van der Waals surface area (Å²) in [6.45, 7) is 20.3. The molecule has 1 fully saturated rings. The third-order valence-electron chi connectivity index (χ3n) is 8.73. The van der Waals surface area contributed by atoms with Gasteiger partial charge < -0.3 is 19.2 Å². The van der Waals surface area contributed by atoms with Crippen molar-refractivity contribution in [2.24, 2.45) is 5.92 Å². The van der Waals surface area contributed by atoms with Crippen LogP contribution in [0.3, 0.4) is 0 Å². The average Bonchev–Trinajstić information content (AvgIpc) is 2.95. The van der Waals surface area contributed by atoms with Gasteiger partial charge in [-0.15, -0.1) is 0 Å². The summed E-state index contributed by atoms with van der Waals surface area (Å²) in [5.41, 5.74) is 0.792. The Bertz CT molecular complexity index is 1320. The van der Waals surface area contributed by atoms with Crippen LogP contribution in [0.15, 0.2) is 78.9 Å². The highest BCUT2D eigenvalue weighted by Gasteiger charge is 2.50. The van der Waals surface area contributed by atoms with E-state index in [1.807, 2.05) is 18.2 Å². The molecule has 3 aromatic carbocycles. The highest BCUT2D eigenvalue weighted by Crippen LogP contribution is 2.38. The van der Waals surface area contributed by atoms with E-state index in [9.17, 15) is 5.11 Å². The van der Waals surface area contributed by atoms with E-state index >= 15 is 0 Å². The fourth-order valence-corrected chi connectivity index (χ4v) is 10.9. The van der Waals surface area contributed by atoms with Gasteiger partial charge >= 0.3 is 0 Å². The van der Waals surface area contributed by atoms with Crippen molar-refractivity contribution in [2.45, 2.75) is 65.0 Å². The van der Waals surface area contributed by atoms with Gasteiger partial charge in [0, 0.05) is 30.5 Å². The monoisotopic (exact) mass is 557 g/mol. The number of hydrogen-bond acceptors (Lipinski definition) is 4. The molecule has 4 rings (SSSR count). The number of nitrogens with zero attached hydrogens (tertiary/aromatic N) is 1. The molecule has 1 N–H and O–H groups in total. The predicted molar refractivity (Wildman–Crippen MR) is 170 cm³/mol. The topological polar surface area (TPSA) is 41.9 Å². The van der Waals surface area contributed by atoms with E-state index in [0.29, 0.717) is 19.1 Å². The molecule has 0 amide bonds. The minimum atomic E-state index is -2.70. The Morgan fingerprint density at radius 2 is 1.48 bits per heavy atom. The van der Waals surface area contributed by atoms with E-state index in [1.165, 1.54) is 10.4 Å². The highest BCUT2D eigenvalue weighted by molar-refractivity contribution is 6.99. The lowest BCUT2D eigenvalue weighted by Gasteiger charge is -2.47. The number of aliphatic hydroxyl groups excluding tert-OH is 1. The average molecular weight is 558 g/mol. The van der Waals surface area contributed by atoms with Gasteiger partial charge in [0.05, 0.1) is 6.61 Å². The van der Waals surface area contributed by atoms with Gasteiger partial charge in [-0.05, 0) is 66.2 Å². The SMILES string of the molecule is C=c1ccc(C)c/c1=C(/O)N(CCO[Si](c1ccccc1)(c1ccccc1)C(C)(C)C)C(C)(C)C1CCOCC1. The van der Waals surface area contributed by atoms with Gasteiger partial charge in [0.15, 0.2) is 5.88 Å². The summed E-state index contributed by atoms with van der Waals surface area (Å²) in [6.07, 6.45) is 1.94. The molecule has 0 radical (unpaired) electrons. The van der Waals surface area contributed by atoms with Gasteiger partial charge in [0.2, 0.25) is 0 Å². The molecule has 214 valence electrons. The number of ether oxygens (including phenoxy) is 1. The molecule has 1 saturated heterocycles. The molecular weight excluding hydrogens is 510 g/mol. The van der Waals surface area contributed by atoms with Crippen LogP contribution in [0.5, 0.6) is 0 Å². The van der Waals surface area contributed by atoms with E-state index in [-0.39, 0.29) is 16.5 Å². The quantitative estimate of drug-likeness (QED) is 0.371. The Balaban J connectivity index is 1.77. The Morgan fingerprint density at radius 3 is 2.00 bits per heavy atom. The summed E-state index contributed by atoms with van der Waals surface area (Å²) in [5, 5.41) is 15.9. The summed E-state index contributed by atoms with van der Waals surface area (Å²) >= 11 is 0. The van der Waals surface area contributed by atoms with Crippen LogP contribution in [0.1, 0.15) is 53.0 Å². The molecule has 1 heterocycles. The first-order valence-corrected chi connectivity index (χ1v) is 16.5. The first kappa shape index (κ1) is 30.1. The molecule has 0 atom stereocenters. The molecule has 40 heavy (non-hydrogen) atoms. The standard InChI is InChI=1S/C35H47NO3Si/c1-27-18-19-28(2)32(26-27)33(37)36(35(6,7)29-20-23-38-24-21-29)22-25-39-40(34(3,4)5,30-14-10-8-11-15-30)31-16-12-9-13-17-31/h8-19,26,29,37H,2,20-25H2,1,3-7H3/b33-32-. The van der Waals surface area contributed by atoms with Gasteiger partial charge in [-0.3, -0.25) is 0 Å². The minimum absolute atomic E-state index is 0.112. The maximum absolute atomic E-state index is 11.9. The highest BCUT2D eigenvalue weighted by atomic mass is 28.4. The lowest BCUT2D eigenvalue weighted by molar-refractivity contribution is -0.00338. The van der Waals surface area contributed by atoms with Crippen molar-refractivity contribution in [3.05, 3.63) is 94.9 Å². The largest absolute Gasteiger partial charge is 0.494 e. The summed E-state index contributed by atoms with van der Waals surface area (Å²) in [7, 11) is -2.70. The van der Waals surface area contributed by atoms with E-state index in [0.717, 1.165) is 42.1 Å². The van der Waals surface area contributed by atoms with Crippen LogP contribution in [0, 0.1) is 12.8 Å². The smallest absolute Gasteiger partial charge is 0.261 e. The Kier molecular flexibility index (Phi) is 9.28. The third-order valence-corrected chi connectivity index (χ3v) is 13.8. The molecule has 1 aliphatic heterocycles. The van der Waals surface area contributed by atoms with E-state index in [2.05, 4.69) is 114 Å². The molecule has 4 nitrogen and oxygen atoms in total. The summed E-state index contributed by atoms with van der Waals surface area (Å²) in [5.74, 6) is 0.658. The first-order chi connectivity index (χ1) is 19.0. The molecule has 0 aliphatic carbocycles. The van der Waals surface area contributed by atoms with Crippen molar-refractivity contribution in [3.63, 3.8) is 0 Å². The molecule has 5 heteroatoms. The van der Waals surface area contributed by atoms with Crippen LogP contribution in [-0.2, 0) is 9.16 Å². The first-order valence-electron chi connectivity index (χ1n) is 14.6. The van der Waals surface area contributed by atoms with Crippen molar-refractivity contribution in [2.75, 3.05) is 26.4 Å². The van der Waals surface area contributed by atoms with Gasteiger partial charge in [0.1, 0.15) is 0 Å². The molecule has 0 bridgehead atoms. The maximum atomic E-state index is 11.9.